The number of aryl methyl sites for hydroxylation is 2. The molecule has 0 atom stereocenters. The molecule has 0 radical (unpaired) electrons. The summed E-state index contributed by atoms with van der Waals surface area (Å²) in [6.07, 6.45) is 3.95. The highest BCUT2D eigenvalue weighted by molar-refractivity contribution is 5.91. The monoisotopic (exact) mass is 337 g/mol. The molecule has 1 aliphatic carbocycles. The zero-order chi connectivity index (χ0) is 17.8. The van der Waals surface area contributed by atoms with Crippen molar-refractivity contribution in [2.75, 3.05) is 5.32 Å². The van der Waals surface area contributed by atoms with Gasteiger partial charge in [0.15, 0.2) is 0 Å². The van der Waals surface area contributed by atoms with Crippen LogP contribution in [0.25, 0.3) is 0 Å². The van der Waals surface area contributed by atoms with E-state index in [1.54, 1.807) is 0 Å². The summed E-state index contributed by atoms with van der Waals surface area (Å²) in [6, 6.07) is 12.5. The molecule has 1 saturated carbocycles. The van der Waals surface area contributed by atoms with Gasteiger partial charge >= 0.3 is 0 Å². The molecule has 0 bridgehead atoms. The third-order valence-corrected chi connectivity index (χ3v) is 4.84. The minimum atomic E-state index is 0.0395. The van der Waals surface area contributed by atoms with Crippen LogP contribution in [-0.2, 0) is 17.8 Å². The van der Waals surface area contributed by atoms with Gasteiger partial charge in [-0.05, 0) is 60.9 Å². The van der Waals surface area contributed by atoms with Gasteiger partial charge < -0.3 is 10.1 Å². The number of hydrogen-bond acceptors (Lipinski definition) is 2. The lowest BCUT2D eigenvalue weighted by molar-refractivity contribution is -0.115. The lowest BCUT2D eigenvalue weighted by Crippen LogP contribution is -2.13. The molecule has 132 valence electrons. The largest absolute Gasteiger partial charge is 0.489 e. The molecule has 0 spiro atoms. The zero-order valence-corrected chi connectivity index (χ0v) is 15.4. The molecule has 1 fully saturated rings. The van der Waals surface area contributed by atoms with Crippen molar-refractivity contribution in [3.8, 4) is 5.75 Å². The highest BCUT2D eigenvalue weighted by Gasteiger charge is 2.27. The Morgan fingerprint density at radius 3 is 2.64 bits per heavy atom. The molecule has 0 unspecified atom stereocenters. The summed E-state index contributed by atoms with van der Waals surface area (Å²) in [5.74, 6) is 1.56. The number of nitrogens with one attached hydrogen (secondary N) is 1. The van der Waals surface area contributed by atoms with E-state index in [4.69, 9.17) is 4.74 Å². The van der Waals surface area contributed by atoms with E-state index in [1.165, 1.54) is 24.0 Å². The first-order chi connectivity index (χ1) is 12.1. The predicted octanol–water partition coefficient (Wildman–Crippen LogP) is 5.36. The summed E-state index contributed by atoms with van der Waals surface area (Å²) < 4.78 is 6.15. The third kappa shape index (κ3) is 4.22. The van der Waals surface area contributed by atoms with Gasteiger partial charge in [-0.2, -0.15) is 0 Å². The normalized spacial score (nSPS) is 13.6. The van der Waals surface area contributed by atoms with Crippen LogP contribution < -0.4 is 10.1 Å². The molecule has 1 aliphatic rings. The van der Waals surface area contributed by atoms with Crippen molar-refractivity contribution in [1.29, 1.82) is 0 Å². The molecule has 2 aromatic carbocycles. The molecule has 2 aromatic rings. The second-order valence-electron chi connectivity index (χ2n) is 6.79. The van der Waals surface area contributed by atoms with E-state index in [1.807, 2.05) is 19.1 Å². The average molecular weight is 337 g/mol. The molecule has 0 aliphatic heterocycles. The maximum atomic E-state index is 11.9. The van der Waals surface area contributed by atoms with Crippen LogP contribution in [0.3, 0.4) is 0 Å². The van der Waals surface area contributed by atoms with Gasteiger partial charge in [0.1, 0.15) is 12.4 Å². The zero-order valence-electron chi connectivity index (χ0n) is 15.4. The average Bonchev–Trinajstić information content (AvgIpc) is 3.46. The molecule has 0 heterocycles. The number of amides is 1. The number of carbonyl (C=O) groups excluding carboxylic acids is 1. The minimum absolute atomic E-state index is 0.0395. The van der Waals surface area contributed by atoms with E-state index in [2.05, 4.69) is 43.4 Å². The number of benzene rings is 2. The summed E-state index contributed by atoms with van der Waals surface area (Å²) in [4.78, 5) is 11.9. The van der Waals surface area contributed by atoms with Gasteiger partial charge in [0, 0.05) is 17.7 Å². The number of hydrogen-bond donors (Lipinski definition) is 1. The van der Waals surface area contributed by atoms with Crippen molar-refractivity contribution in [1.82, 2.24) is 0 Å². The van der Waals surface area contributed by atoms with Gasteiger partial charge in [-0.25, -0.2) is 0 Å². The van der Waals surface area contributed by atoms with Gasteiger partial charge in [-0.1, -0.05) is 38.1 Å². The Labute approximate surface area is 150 Å². The van der Waals surface area contributed by atoms with Crippen molar-refractivity contribution in [3.05, 3.63) is 58.7 Å². The van der Waals surface area contributed by atoms with Gasteiger partial charge in [-0.3, -0.25) is 4.79 Å². The van der Waals surface area contributed by atoms with Crippen LogP contribution >= 0.6 is 0 Å². The highest BCUT2D eigenvalue weighted by Crippen LogP contribution is 2.43. The smallest absolute Gasteiger partial charge is 0.224 e. The van der Waals surface area contributed by atoms with Crippen LogP contribution in [0, 0.1) is 6.92 Å². The first-order valence-electron chi connectivity index (χ1n) is 9.26. The molecule has 25 heavy (non-hydrogen) atoms. The Hall–Kier alpha value is -2.29. The van der Waals surface area contributed by atoms with E-state index in [-0.39, 0.29) is 5.91 Å². The fourth-order valence-electron chi connectivity index (χ4n) is 3.14. The standard InChI is InChI=1S/C22H27NO2/c1-4-16-9-12-21(15(3)13-16)25-14-19-18(17-10-11-17)7-6-8-20(19)23-22(24)5-2/h6-9,12-13,17H,4-5,10-11,14H2,1-3H3,(H,23,24). The SMILES string of the molecule is CCC(=O)Nc1cccc(C2CC2)c1COc1ccc(CC)cc1C. The second-order valence-corrected chi connectivity index (χ2v) is 6.79. The Kier molecular flexibility index (Phi) is 5.42. The first-order valence-corrected chi connectivity index (χ1v) is 9.26. The summed E-state index contributed by atoms with van der Waals surface area (Å²) in [5.41, 5.74) is 5.79. The van der Waals surface area contributed by atoms with Gasteiger partial charge in [0.25, 0.3) is 0 Å². The fourth-order valence-corrected chi connectivity index (χ4v) is 3.14. The second kappa shape index (κ2) is 7.73. The number of ether oxygens (including phenoxy) is 1. The predicted molar refractivity (Wildman–Crippen MR) is 102 cm³/mol. The molecule has 1 N–H and O–H groups in total. The highest BCUT2D eigenvalue weighted by atomic mass is 16.5. The molecule has 3 rings (SSSR count). The molecule has 0 saturated heterocycles. The number of anilines is 1. The first kappa shape index (κ1) is 17.5. The molecule has 3 nitrogen and oxygen atoms in total. The molecule has 3 heteroatoms. The van der Waals surface area contributed by atoms with E-state index in [0.29, 0.717) is 18.9 Å². The summed E-state index contributed by atoms with van der Waals surface area (Å²) >= 11 is 0. The molecular formula is C22H27NO2. The number of carbonyl (C=O) groups is 1. The van der Waals surface area contributed by atoms with Crippen molar-refractivity contribution >= 4 is 11.6 Å². The quantitative estimate of drug-likeness (QED) is 0.738. The Bertz CT molecular complexity index is 763. The lowest BCUT2D eigenvalue weighted by atomic mass is 10.0. The van der Waals surface area contributed by atoms with E-state index in [9.17, 15) is 4.79 Å². The van der Waals surface area contributed by atoms with E-state index >= 15 is 0 Å². The van der Waals surface area contributed by atoms with E-state index < -0.39 is 0 Å². The molecule has 0 aromatic heterocycles. The van der Waals surface area contributed by atoms with Crippen molar-refractivity contribution in [3.63, 3.8) is 0 Å². The van der Waals surface area contributed by atoms with Crippen LogP contribution in [0.15, 0.2) is 36.4 Å². The summed E-state index contributed by atoms with van der Waals surface area (Å²) in [7, 11) is 0. The van der Waals surface area contributed by atoms with Gasteiger partial charge in [0.05, 0.1) is 0 Å². The van der Waals surface area contributed by atoms with Crippen molar-refractivity contribution in [2.24, 2.45) is 0 Å². The fraction of sp³-hybridized carbons (Fsp3) is 0.409. The van der Waals surface area contributed by atoms with Crippen molar-refractivity contribution < 1.29 is 9.53 Å². The van der Waals surface area contributed by atoms with Crippen LogP contribution in [0.1, 0.15) is 61.3 Å². The van der Waals surface area contributed by atoms with Crippen LogP contribution in [0.4, 0.5) is 5.69 Å². The van der Waals surface area contributed by atoms with Crippen LogP contribution in [0.2, 0.25) is 0 Å². The molecular weight excluding hydrogens is 310 g/mol. The summed E-state index contributed by atoms with van der Waals surface area (Å²) in [6.45, 7) is 6.60. The topological polar surface area (TPSA) is 38.3 Å². The number of rotatable bonds is 7. The Morgan fingerprint density at radius 2 is 2.00 bits per heavy atom. The van der Waals surface area contributed by atoms with Gasteiger partial charge in [-0.15, -0.1) is 0 Å². The Balaban J connectivity index is 1.84. The maximum Gasteiger partial charge on any atom is 0.224 e. The lowest BCUT2D eigenvalue weighted by Gasteiger charge is -2.17. The minimum Gasteiger partial charge on any atom is -0.489 e. The summed E-state index contributed by atoms with van der Waals surface area (Å²) in [5, 5.41) is 3.03. The Morgan fingerprint density at radius 1 is 1.20 bits per heavy atom. The van der Waals surface area contributed by atoms with Gasteiger partial charge in [0.2, 0.25) is 5.91 Å². The maximum absolute atomic E-state index is 11.9. The van der Waals surface area contributed by atoms with Crippen molar-refractivity contribution in [2.45, 2.75) is 59.0 Å². The molecule has 1 amide bonds. The van der Waals surface area contributed by atoms with Crippen LogP contribution in [0.5, 0.6) is 5.75 Å². The van der Waals surface area contributed by atoms with E-state index in [0.717, 1.165) is 29.0 Å². The van der Waals surface area contributed by atoms with Crippen LogP contribution in [-0.4, -0.2) is 5.91 Å². The third-order valence-electron chi connectivity index (χ3n) is 4.84.